The summed E-state index contributed by atoms with van der Waals surface area (Å²) in [5.74, 6) is 2.84. The Balaban J connectivity index is -0.000000285. The molecule has 0 bridgehead atoms. The maximum atomic E-state index is 9.45. The Morgan fingerprint density at radius 1 is 1.24 bits per heavy atom. The minimum atomic E-state index is -1.32. The molecule has 0 radical (unpaired) electrons. The zero-order valence-corrected chi connectivity index (χ0v) is 12.5. The summed E-state index contributed by atoms with van der Waals surface area (Å²) in [4.78, 5) is 0. The van der Waals surface area contributed by atoms with Gasteiger partial charge in [0, 0.05) is 6.07 Å². The van der Waals surface area contributed by atoms with Crippen LogP contribution in [-0.2, 0) is 5.60 Å². The lowest BCUT2D eigenvalue weighted by Gasteiger charge is -2.10. The van der Waals surface area contributed by atoms with Crippen molar-refractivity contribution in [3.63, 3.8) is 0 Å². The van der Waals surface area contributed by atoms with Gasteiger partial charge >= 0.3 is 0 Å². The molecule has 0 saturated heterocycles. The van der Waals surface area contributed by atoms with Crippen LogP contribution in [0, 0.1) is 19.3 Å². The van der Waals surface area contributed by atoms with E-state index in [4.69, 9.17) is 10.9 Å². The molecule has 1 rings (SSSR count). The Hall–Kier alpha value is -1.27. The molecule has 0 fully saturated rings. The van der Waals surface area contributed by atoms with Crippen molar-refractivity contribution in [2.75, 3.05) is 0 Å². The van der Waals surface area contributed by atoms with Crippen LogP contribution in [0.2, 0.25) is 0 Å². The van der Waals surface area contributed by atoms with Gasteiger partial charge in [0.05, 0.1) is 0 Å². The molecule has 100 valence electrons. The fourth-order valence-electron chi connectivity index (χ4n) is 0.670. The second-order valence-electron chi connectivity index (χ2n) is 2.54. The lowest BCUT2D eigenvalue weighted by Crippen LogP contribution is -2.18. The molecule has 3 nitrogen and oxygen atoms in total. The van der Waals surface area contributed by atoms with Gasteiger partial charge in [-0.2, -0.15) is 0 Å². The maximum Gasteiger partial charge on any atom is 0.168 e. The molecule has 1 atom stereocenters. The van der Waals surface area contributed by atoms with Crippen molar-refractivity contribution in [3.05, 3.63) is 17.5 Å². The summed E-state index contributed by atoms with van der Waals surface area (Å²) in [5, 5.41) is 13.0. The molecule has 0 amide bonds. The first-order chi connectivity index (χ1) is 8.06. The van der Waals surface area contributed by atoms with Crippen molar-refractivity contribution in [3.8, 4) is 12.3 Å². The van der Waals surface area contributed by atoms with E-state index >= 15 is 0 Å². The van der Waals surface area contributed by atoms with Gasteiger partial charge in [-0.15, -0.1) is 6.42 Å². The molecule has 0 aliphatic rings. The van der Waals surface area contributed by atoms with Gasteiger partial charge in [-0.1, -0.05) is 52.6 Å². The molecule has 17 heavy (non-hydrogen) atoms. The van der Waals surface area contributed by atoms with Gasteiger partial charge in [-0.05, 0) is 13.8 Å². The van der Waals surface area contributed by atoms with E-state index in [0.717, 1.165) is 0 Å². The molecule has 3 heteroatoms. The van der Waals surface area contributed by atoms with E-state index in [2.05, 4.69) is 11.1 Å². The summed E-state index contributed by atoms with van der Waals surface area (Å²) in [6.45, 7) is 15.2. The summed E-state index contributed by atoms with van der Waals surface area (Å²) in [6, 6.07) is 1.61. The van der Waals surface area contributed by atoms with Gasteiger partial charge in [0.15, 0.2) is 5.60 Å². The predicted molar refractivity (Wildman–Crippen MR) is 73.7 cm³/mol. The molecular weight excluding hydrogens is 214 g/mol. The van der Waals surface area contributed by atoms with Gasteiger partial charge in [0.25, 0.3) is 0 Å². The van der Waals surface area contributed by atoms with Crippen molar-refractivity contribution in [2.24, 2.45) is 0 Å². The third kappa shape index (κ3) is 8.53. The van der Waals surface area contributed by atoms with Crippen molar-refractivity contribution >= 4 is 0 Å². The van der Waals surface area contributed by atoms with E-state index in [0.29, 0.717) is 11.5 Å². The highest BCUT2D eigenvalue weighted by Gasteiger charge is 2.23. The SMILES string of the molecule is C#CC(C)(O)c1cc(C)on1.CC.CC.CC. The second-order valence-corrected chi connectivity index (χ2v) is 2.54. The van der Waals surface area contributed by atoms with Crippen LogP contribution in [0.25, 0.3) is 0 Å². The molecule has 1 heterocycles. The third-order valence-electron chi connectivity index (χ3n) is 1.41. The zero-order chi connectivity index (χ0) is 14.5. The van der Waals surface area contributed by atoms with Crippen molar-refractivity contribution < 1.29 is 9.63 Å². The van der Waals surface area contributed by atoms with Gasteiger partial charge in [-0.25, -0.2) is 0 Å². The Morgan fingerprint density at radius 2 is 1.65 bits per heavy atom. The number of aromatic nitrogens is 1. The minimum Gasteiger partial charge on any atom is -0.372 e. The largest absolute Gasteiger partial charge is 0.372 e. The molecule has 1 aromatic rings. The molecule has 0 aliphatic heterocycles. The Kier molecular flexibility index (Phi) is 15.9. The molecule has 0 aliphatic carbocycles. The average Bonchev–Trinajstić information content (AvgIpc) is 2.84. The van der Waals surface area contributed by atoms with Gasteiger partial charge in [0.2, 0.25) is 0 Å². The molecule has 0 saturated carbocycles. The number of rotatable bonds is 1. The molecule has 1 aromatic heterocycles. The lowest BCUT2D eigenvalue weighted by atomic mass is 10.0. The van der Waals surface area contributed by atoms with Crippen molar-refractivity contribution in [2.45, 2.75) is 61.0 Å². The summed E-state index contributed by atoms with van der Waals surface area (Å²) in [5.41, 5.74) is -0.949. The number of nitrogens with zero attached hydrogens (tertiary/aromatic N) is 1. The smallest absolute Gasteiger partial charge is 0.168 e. The number of hydrogen-bond acceptors (Lipinski definition) is 3. The van der Waals surface area contributed by atoms with Crippen LogP contribution in [0.3, 0.4) is 0 Å². The van der Waals surface area contributed by atoms with E-state index < -0.39 is 5.60 Å². The van der Waals surface area contributed by atoms with E-state index in [1.807, 2.05) is 41.5 Å². The fraction of sp³-hybridized carbons (Fsp3) is 0.643. The van der Waals surface area contributed by atoms with Crippen LogP contribution in [0.15, 0.2) is 10.6 Å². The van der Waals surface area contributed by atoms with Crippen LogP contribution < -0.4 is 0 Å². The van der Waals surface area contributed by atoms with E-state index in [1.54, 1.807) is 13.0 Å². The van der Waals surface area contributed by atoms with Gasteiger partial charge in [0.1, 0.15) is 11.5 Å². The van der Waals surface area contributed by atoms with Crippen LogP contribution in [0.1, 0.15) is 59.9 Å². The van der Waals surface area contributed by atoms with E-state index in [1.165, 1.54) is 6.92 Å². The monoisotopic (exact) mass is 241 g/mol. The Bertz CT molecular complexity index is 295. The van der Waals surface area contributed by atoms with Crippen molar-refractivity contribution in [1.82, 2.24) is 5.16 Å². The number of terminal acetylenes is 1. The first kappa shape index (κ1) is 21.1. The second kappa shape index (κ2) is 12.8. The van der Waals surface area contributed by atoms with Crippen LogP contribution in [-0.4, -0.2) is 10.3 Å². The highest BCUT2D eigenvalue weighted by atomic mass is 16.5. The Morgan fingerprint density at radius 3 is 1.88 bits per heavy atom. The van der Waals surface area contributed by atoms with Crippen LogP contribution in [0.5, 0.6) is 0 Å². The summed E-state index contributed by atoms with van der Waals surface area (Å²) >= 11 is 0. The molecular formula is C14H27NO2. The summed E-state index contributed by atoms with van der Waals surface area (Å²) < 4.78 is 4.75. The third-order valence-corrected chi connectivity index (χ3v) is 1.41. The molecule has 0 aromatic carbocycles. The maximum absolute atomic E-state index is 9.45. The first-order valence-corrected chi connectivity index (χ1v) is 6.20. The molecule has 1 N–H and O–H groups in total. The lowest BCUT2D eigenvalue weighted by molar-refractivity contribution is 0.113. The standard InChI is InChI=1S/C8H9NO2.3C2H6/c1-4-8(3,10)7-5-6(2)11-9-7;3*1-2/h1,5,10H,2-3H3;3*1-2H3. The topological polar surface area (TPSA) is 46.3 Å². The first-order valence-electron chi connectivity index (χ1n) is 6.20. The Labute approximate surface area is 106 Å². The number of aryl methyl sites for hydroxylation is 1. The van der Waals surface area contributed by atoms with Crippen LogP contribution >= 0.6 is 0 Å². The normalized spacial score (nSPS) is 11.1. The summed E-state index contributed by atoms with van der Waals surface area (Å²) in [7, 11) is 0. The number of hydrogen-bond donors (Lipinski definition) is 1. The zero-order valence-electron chi connectivity index (χ0n) is 12.5. The summed E-state index contributed by atoms with van der Waals surface area (Å²) in [6.07, 6.45) is 5.07. The van der Waals surface area contributed by atoms with E-state index in [-0.39, 0.29) is 0 Å². The number of aliphatic hydroxyl groups is 1. The van der Waals surface area contributed by atoms with Gasteiger partial charge < -0.3 is 9.63 Å². The quantitative estimate of drug-likeness (QED) is 0.758. The van der Waals surface area contributed by atoms with E-state index in [9.17, 15) is 5.11 Å². The van der Waals surface area contributed by atoms with Gasteiger partial charge in [-0.3, -0.25) is 0 Å². The predicted octanol–water partition coefficient (Wildman–Crippen LogP) is 3.90. The molecule has 0 spiro atoms. The average molecular weight is 241 g/mol. The van der Waals surface area contributed by atoms with Crippen LogP contribution in [0.4, 0.5) is 0 Å². The van der Waals surface area contributed by atoms with Crippen molar-refractivity contribution in [1.29, 1.82) is 0 Å². The molecule has 1 unspecified atom stereocenters. The minimum absolute atomic E-state index is 0.373. The highest BCUT2D eigenvalue weighted by Crippen LogP contribution is 2.18. The highest BCUT2D eigenvalue weighted by molar-refractivity contribution is 5.22. The fourth-order valence-corrected chi connectivity index (χ4v) is 0.670.